The minimum absolute atomic E-state index is 0.324. The highest BCUT2D eigenvalue weighted by molar-refractivity contribution is 5.87. The molecular formula is C12H13NO2. The summed E-state index contributed by atoms with van der Waals surface area (Å²) in [5, 5.41) is 12.1. The van der Waals surface area contributed by atoms with E-state index >= 15 is 0 Å². The van der Waals surface area contributed by atoms with E-state index in [4.69, 9.17) is 5.11 Å². The molecule has 0 spiro atoms. The van der Waals surface area contributed by atoms with E-state index in [0.29, 0.717) is 11.6 Å². The third-order valence-electron chi connectivity index (χ3n) is 2.51. The van der Waals surface area contributed by atoms with Gasteiger partial charge in [0.05, 0.1) is 5.56 Å². The van der Waals surface area contributed by atoms with Crippen molar-refractivity contribution in [3.8, 4) is 0 Å². The Morgan fingerprint density at radius 2 is 1.80 bits per heavy atom. The largest absolute Gasteiger partial charge is 0.478 e. The molecular weight excluding hydrogens is 190 g/mol. The van der Waals surface area contributed by atoms with Gasteiger partial charge in [0, 0.05) is 11.7 Å². The molecule has 1 aliphatic rings. The lowest BCUT2D eigenvalue weighted by atomic mass is 10.2. The first kappa shape index (κ1) is 9.77. The monoisotopic (exact) mass is 203 g/mol. The van der Waals surface area contributed by atoms with Crippen LogP contribution in [0.4, 0.5) is 5.69 Å². The lowest BCUT2D eigenvalue weighted by molar-refractivity contribution is 0.0697. The number of carbonyl (C=O) groups is 1. The van der Waals surface area contributed by atoms with Crippen LogP contribution in [0.15, 0.2) is 36.4 Å². The number of anilines is 1. The Hall–Kier alpha value is -1.77. The molecule has 2 N–H and O–H groups in total. The number of rotatable bonds is 3. The fraction of sp³-hybridized carbons (Fsp3) is 0.250. The first-order chi connectivity index (χ1) is 7.25. The molecule has 3 heteroatoms. The molecule has 3 nitrogen and oxygen atoms in total. The van der Waals surface area contributed by atoms with Gasteiger partial charge in [-0.15, -0.1) is 0 Å². The van der Waals surface area contributed by atoms with E-state index in [-0.39, 0.29) is 0 Å². The highest BCUT2D eigenvalue weighted by atomic mass is 16.4. The molecule has 1 aliphatic carbocycles. The molecule has 1 aromatic rings. The first-order valence-electron chi connectivity index (χ1n) is 5.00. The van der Waals surface area contributed by atoms with E-state index < -0.39 is 5.97 Å². The molecule has 0 unspecified atom stereocenters. The number of benzene rings is 1. The van der Waals surface area contributed by atoms with E-state index in [1.165, 1.54) is 0 Å². The highest BCUT2D eigenvalue weighted by Gasteiger charge is 2.09. The van der Waals surface area contributed by atoms with E-state index in [2.05, 4.69) is 17.5 Å². The zero-order valence-electron chi connectivity index (χ0n) is 8.31. The van der Waals surface area contributed by atoms with Crippen molar-refractivity contribution in [3.05, 3.63) is 42.0 Å². The molecule has 1 aromatic carbocycles. The van der Waals surface area contributed by atoms with Gasteiger partial charge in [-0.2, -0.15) is 0 Å². The van der Waals surface area contributed by atoms with Crippen molar-refractivity contribution >= 4 is 11.7 Å². The van der Waals surface area contributed by atoms with Gasteiger partial charge in [0.15, 0.2) is 0 Å². The van der Waals surface area contributed by atoms with Crippen molar-refractivity contribution in [2.45, 2.75) is 18.9 Å². The lowest BCUT2D eigenvalue weighted by Gasteiger charge is -2.13. The van der Waals surface area contributed by atoms with Gasteiger partial charge in [0.1, 0.15) is 0 Å². The van der Waals surface area contributed by atoms with E-state index in [0.717, 1.165) is 18.5 Å². The number of hydrogen-bond donors (Lipinski definition) is 2. The van der Waals surface area contributed by atoms with Crippen molar-refractivity contribution in [1.82, 2.24) is 0 Å². The number of carboxylic acids is 1. The van der Waals surface area contributed by atoms with Crippen LogP contribution in [0.2, 0.25) is 0 Å². The lowest BCUT2D eigenvalue weighted by Crippen LogP contribution is -2.14. The van der Waals surface area contributed by atoms with Crippen LogP contribution >= 0.6 is 0 Å². The van der Waals surface area contributed by atoms with Crippen molar-refractivity contribution < 1.29 is 9.90 Å². The quantitative estimate of drug-likeness (QED) is 0.742. The minimum Gasteiger partial charge on any atom is -0.478 e. The predicted molar refractivity (Wildman–Crippen MR) is 59.2 cm³/mol. The summed E-state index contributed by atoms with van der Waals surface area (Å²) in [5.74, 6) is -0.885. The summed E-state index contributed by atoms with van der Waals surface area (Å²) < 4.78 is 0. The van der Waals surface area contributed by atoms with Crippen LogP contribution in [-0.2, 0) is 0 Å². The molecule has 2 rings (SSSR count). The van der Waals surface area contributed by atoms with Gasteiger partial charge < -0.3 is 10.4 Å². The maximum absolute atomic E-state index is 10.6. The minimum atomic E-state index is -0.885. The van der Waals surface area contributed by atoms with Gasteiger partial charge in [0.25, 0.3) is 0 Å². The summed E-state index contributed by atoms with van der Waals surface area (Å²) in [5.41, 5.74) is 1.30. The molecule has 0 radical (unpaired) electrons. The van der Waals surface area contributed by atoms with Crippen LogP contribution in [-0.4, -0.2) is 17.1 Å². The zero-order chi connectivity index (χ0) is 10.7. The van der Waals surface area contributed by atoms with E-state index in [1.807, 2.05) is 12.1 Å². The SMILES string of the molecule is O=C(O)c1ccc(NC2CC=CC2)cc1. The molecule has 78 valence electrons. The molecule has 0 aliphatic heterocycles. The van der Waals surface area contributed by atoms with Gasteiger partial charge in [-0.05, 0) is 37.1 Å². The Morgan fingerprint density at radius 3 is 2.33 bits per heavy atom. The Bertz CT molecular complexity index is 373. The highest BCUT2D eigenvalue weighted by Crippen LogP contribution is 2.17. The van der Waals surface area contributed by atoms with Crippen LogP contribution in [0.25, 0.3) is 0 Å². The maximum Gasteiger partial charge on any atom is 0.335 e. The molecule has 0 fully saturated rings. The Kier molecular flexibility index (Phi) is 2.72. The van der Waals surface area contributed by atoms with E-state index in [1.54, 1.807) is 12.1 Å². The van der Waals surface area contributed by atoms with Crippen molar-refractivity contribution in [3.63, 3.8) is 0 Å². The second-order valence-electron chi connectivity index (χ2n) is 3.67. The Labute approximate surface area is 88.4 Å². The maximum atomic E-state index is 10.6. The number of aromatic carboxylic acids is 1. The summed E-state index contributed by atoms with van der Waals surface area (Å²) in [6, 6.07) is 7.31. The molecule has 0 saturated heterocycles. The summed E-state index contributed by atoms with van der Waals surface area (Å²) in [7, 11) is 0. The molecule has 0 aromatic heterocycles. The topological polar surface area (TPSA) is 49.3 Å². The van der Waals surface area contributed by atoms with Gasteiger partial charge in [-0.25, -0.2) is 4.79 Å². The second kappa shape index (κ2) is 4.17. The summed E-state index contributed by atoms with van der Waals surface area (Å²) in [4.78, 5) is 10.6. The normalized spacial score (nSPS) is 15.5. The molecule has 0 atom stereocenters. The van der Waals surface area contributed by atoms with Gasteiger partial charge in [-0.1, -0.05) is 12.2 Å². The van der Waals surface area contributed by atoms with Crippen LogP contribution in [0.5, 0.6) is 0 Å². The molecule has 15 heavy (non-hydrogen) atoms. The summed E-state index contributed by atoms with van der Waals surface area (Å²) in [6.45, 7) is 0. The summed E-state index contributed by atoms with van der Waals surface area (Å²) in [6.07, 6.45) is 6.40. The van der Waals surface area contributed by atoms with Crippen LogP contribution < -0.4 is 5.32 Å². The van der Waals surface area contributed by atoms with Crippen LogP contribution in [0, 0.1) is 0 Å². The van der Waals surface area contributed by atoms with Gasteiger partial charge in [0.2, 0.25) is 0 Å². The molecule has 0 heterocycles. The number of nitrogens with one attached hydrogen (secondary N) is 1. The van der Waals surface area contributed by atoms with Crippen molar-refractivity contribution in [2.75, 3.05) is 5.32 Å². The average Bonchev–Trinajstić information content (AvgIpc) is 2.71. The predicted octanol–water partition coefficient (Wildman–Crippen LogP) is 2.52. The Morgan fingerprint density at radius 1 is 1.20 bits per heavy atom. The number of carboxylic acid groups (broad SMARTS) is 1. The fourth-order valence-electron chi connectivity index (χ4n) is 1.68. The van der Waals surface area contributed by atoms with Crippen LogP contribution in [0.3, 0.4) is 0 Å². The molecule has 0 bridgehead atoms. The first-order valence-corrected chi connectivity index (χ1v) is 5.00. The van der Waals surface area contributed by atoms with Crippen molar-refractivity contribution in [2.24, 2.45) is 0 Å². The van der Waals surface area contributed by atoms with Crippen molar-refractivity contribution in [1.29, 1.82) is 0 Å². The zero-order valence-corrected chi connectivity index (χ0v) is 8.31. The summed E-state index contributed by atoms with van der Waals surface area (Å²) >= 11 is 0. The fourth-order valence-corrected chi connectivity index (χ4v) is 1.68. The molecule has 0 amide bonds. The van der Waals surface area contributed by atoms with Gasteiger partial charge in [-0.3, -0.25) is 0 Å². The van der Waals surface area contributed by atoms with Crippen LogP contribution in [0.1, 0.15) is 23.2 Å². The smallest absolute Gasteiger partial charge is 0.335 e. The average molecular weight is 203 g/mol. The van der Waals surface area contributed by atoms with Gasteiger partial charge >= 0.3 is 5.97 Å². The second-order valence-corrected chi connectivity index (χ2v) is 3.67. The van der Waals surface area contributed by atoms with E-state index in [9.17, 15) is 4.79 Å². The molecule has 0 saturated carbocycles. The third-order valence-corrected chi connectivity index (χ3v) is 2.51. The standard InChI is InChI=1S/C12H13NO2/c14-12(15)9-5-7-11(8-6-9)13-10-3-1-2-4-10/h1-2,5-8,10,13H,3-4H2,(H,14,15). The Balaban J connectivity index is 2.00. The third kappa shape index (κ3) is 2.37. The number of hydrogen-bond acceptors (Lipinski definition) is 2.